The van der Waals surface area contributed by atoms with Crippen LogP contribution >= 0.6 is 0 Å². The number of hydrazone groups is 1. The summed E-state index contributed by atoms with van der Waals surface area (Å²) in [5.41, 5.74) is 8.57. The van der Waals surface area contributed by atoms with E-state index in [1.54, 1.807) is 13.3 Å². The number of hydrogen-bond donors (Lipinski definition) is 2. The Morgan fingerprint density at radius 3 is 2.40 bits per heavy atom. The average Bonchev–Trinajstić information content (AvgIpc) is 2.99. The van der Waals surface area contributed by atoms with Crippen molar-refractivity contribution < 1.29 is 40.7 Å². The zero-order valence-electron chi connectivity index (χ0n) is 25.9. The molecule has 0 aromatic heterocycles. The predicted octanol–water partition coefficient (Wildman–Crippen LogP) is 6.54. The molecular formula is C35H45N5O2U. The zero-order valence-corrected chi connectivity index (χ0v) is 30.0. The molecule has 0 bridgehead atoms. The van der Waals surface area contributed by atoms with Crippen molar-refractivity contribution in [2.75, 3.05) is 48.3 Å². The first-order valence-corrected chi connectivity index (χ1v) is 14.7. The van der Waals surface area contributed by atoms with E-state index in [0.29, 0.717) is 11.3 Å². The summed E-state index contributed by atoms with van der Waals surface area (Å²) < 4.78 is 0. The van der Waals surface area contributed by atoms with Crippen molar-refractivity contribution in [2.24, 2.45) is 11.0 Å². The molecule has 1 amide bonds. The van der Waals surface area contributed by atoms with E-state index in [9.17, 15) is 9.59 Å². The topological polar surface area (TPSA) is 77.0 Å². The second-order valence-corrected chi connectivity index (χ2v) is 10.8. The van der Waals surface area contributed by atoms with Gasteiger partial charge in [0, 0.05) is 56.6 Å². The van der Waals surface area contributed by atoms with Crippen LogP contribution < -0.4 is 20.5 Å². The van der Waals surface area contributed by atoms with E-state index in [4.69, 9.17) is 6.58 Å². The van der Waals surface area contributed by atoms with E-state index in [-0.39, 0.29) is 54.3 Å². The van der Waals surface area contributed by atoms with Crippen LogP contribution in [0.3, 0.4) is 0 Å². The van der Waals surface area contributed by atoms with Gasteiger partial charge < -0.3 is 25.3 Å². The molecule has 2 N–H and O–H groups in total. The van der Waals surface area contributed by atoms with Gasteiger partial charge in [-0.1, -0.05) is 44.5 Å². The third kappa shape index (κ3) is 10.8. The normalized spacial score (nSPS) is 14.2. The maximum Gasteiger partial charge on any atom is 2.00 e. The van der Waals surface area contributed by atoms with Crippen LogP contribution in [0.2, 0.25) is 0 Å². The summed E-state index contributed by atoms with van der Waals surface area (Å²) in [4.78, 5) is 31.0. The molecule has 1 aliphatic rings. The van der Waals surface area contributed by atoms with Gasteiger partial charge in [-0.2, -0.15) is 18.1 Å². The number of benzene rings is 2. The Morgan fingerprint density at radius 2 is 1.74 bits per heavy atom. The molecule has 2 aromatic carbocycles. The van der Waals surface area contributed by atoms with E-state index in [2.05, 4.69) is 70.3 Å². The van der Waals surface area contributed by atoms with Crippen LogP contribution in [0.25, 0.3) is 0 Å². The molecule has 1 saturated heterocycles. The molecule has 0 aliphatic carbocycles. The molecule has 8 heteroatoms. The minimum Gasteiger partial charge on any atom is -0.374 e. The first kappa shape index (κ1) is 36.0. The number of amides is 1. The van der Waals surface area contributed by atoms with Gasteiger partial charge in [0.05, 0.1) is 11.4 Å². The second kappa shape index (κ2) is 18.5. The summed E-state index contributed by atoms with van der Waals surface area (Å²) in [6.45, 7) is 20.7. The van der Waals surface area contributed by atoms with Crippen molar-refractivity contribution in [3.05, 3.63) is 97.0 Å². The molecule has 1 fully saturated rings. The quantitative estimate of drug-likeness (QED) is 0.0407. The molecule has 2 aromatic rings. The molecule has 0 radical (unpaired) electrons. The zero-order chi connectivity index (χ0) is 30.5. The number of nitrogens with zero attached hydrogens (tertiary/aromatic N) is 3. The van der Waals surface area contributed by atoms with Crippen LogP contribution in [-0.2, 0) is 4.79 Å². The second-order valence-electron chi connectivity index (χ2n) is 10.8. The number of rotatable bonds is 15. The summed E-state index contributed by atoms with van der Waals surface area (Å²) in [6, 6.07) is 14.1. The minimum atomic E-state index is -0.351. The Labute approximate surface area is 281 Å². The van der Waals surface area contributed by atoms with Gasteiger partial charge in [0.25, 0.3) is 0 Å². The van der Waals surface area contributed by atoms with E-state index in [1.165, 1.54) is 23.4 Å². The summed E-state index contributed by atoms with van der Waals surface area (Å²) in [5.74, 6) is -0.399. The number of piperazine rings is 1. The van der Waals surface area contributed by atoms with Crippen molar-refractivity contribution in [2.45, 2.75) is 46.0 Å². The van der Waals surface area contributed by atoms with Crippen molar-refractivity contribution in [3.63, 3.8) is 0 Å². The molecule has 43 heavy (non-hydrogen) atoms. The van der Waals surface area contributed by atoms with Crippen molar-refractivity contribution >= 4 is 35.0 Å². The molecular weight excluding hydrogens is 760 g/mol. The van der Waals surface area contributed by atoms with Crippen molar-refractivity contribution in [1.82, 2.24) is 5.43 Å². The fourth-order valence-corrected chi connectivity index (χ4v) is 5.18. The molecule has 0 saturated carbocycles. The average molecular weight is 806 g/mol. The van der Waals surface area contributed by atoms with Crippen LogP contribution in [0.4, 0.5) is 17.1 Å². The number of nitrogens with one attached hydrogen (secondary N) is 2. The van der Waals surface area contributed by atoms with Gasteiger partial charge in [0.1, 0.15) is 5.91 Å². The smallest absolute Gasteiger partial charge is 0.374 e. The minimum absolute atomic E-state index is 0. The maximum absolute atomic E-state index is 13.4. The number of carbonyl (C=O) groups is 2. The van der Waals surface area contributed by atoms with E-state index < -0.39 is 0 Å². The molecule has 1 aliphatic heterocycles. The maximum atomic E-state index is 13.4. The van der Waals surface area contributed by atoms with Crippen molar-refractivity contribution in [1.29, 1.82) is 0 Å². The molecule has 3 rings (SSSR count). The van der Waals surface area contributed by atoms with Crippen LogP contribution in [0.15, 0.2) is 77.4 Å². The van der Waals surface area contributed by atoms with E-state index in [0.717, 1.165) is 69.5 Å². The fraction of sp³-hybridized carbons (Fsp3) is 0.371. The van der Waals surface area contributed by atoms with Gasteiger partial charge >= 0.3 is 31.1 Å². The summed E-state index contributed by atoms with van der Waals surface area (Å²) in [7, 11) is 1.76. The molecule has 226 valence electrons. The first-order chi connectivity index (χ1) is 20.2. The number of para-hydroxylation sites is 1. The monoisotopic (exact) mass is 805 g/mol. The van der Waals surface area contributed by atoms with E-state index >= 15 is 0 Å². The molecule has 7 nitrogen and oxygen atoms in total. The van der Waals surface area contributed by atoms with Gasteiger partial charge in [-0.15, -0.1) is 5.57 Å². The molecule has 1 atom stereocenters. The molecule has 1 heterocycles. The SMILES string of the molecule is [CH-]=CC=C([CH2-])C(=O)Nc1cc(C(=O)C(C)CCCCCC(=C)/C=N\NC)ccc1N1CCN(c2ccccc2C)CC1.[U+2]. The molecule has 1 unspecified atom stereocenters. The van der Waals surface area contributed by atoms with Crippen LogP contribution in [-0.4, -0.2) is 51.1 Å². The third-order valence-electron chi connectivity index (χ3n) is 7.65. The van der Waals surface area contributed by atoms with Gasteiger partial charge in [-0.3, -0.25) is 11.4 Å². The van der Waals surface area contributed by atoms with Crippen LogP contribution in [0.1, 0.15) is 54.9 Å². The summed E-state index contributed by atoms with van der Waals surface area (Å²) >= 11 is 0. The molecule has 0 spiro atoms. The fourth-order valence-electron chi connectivity index (χ4n) is 5.18. The Hall–Kier alpha value is -3.21. The van der Waals surface area contributed by atoms with Crippen molar-refractivity contribution in [3.8, 4) is 0 Å². The Morgan fingerprint density at radius 1 is 1.07 bits per heavy atom. The standard InChI is InChI=1S/C35H45N5O2.U/c1-7-13-29(5)35(42)38-31-24-30(34(41)28(4)16-10-8-9-14-26(2)25-37-36-6)18-19-33(31)40-22-20-39(21-23-40)32-17-12-11-15-27(32)3;/h1,7,11-13,15,17-19,24-25,28,36H,2,5,8-10,14,16,20-23H2,3-4,6H3,(H,38,42);/q-2;+2/b29-13?,37-25-;. The van der Waals surface area contributed by atoms with Gasteiger partial charge in [-0.05, 0) is 61.6 Å². The van der Waals surface area contributed by atoms with Crippen LogP contribution in [0, 0.1) is 57.5 Å². The number of hydrogen-bond acceptors (Lipinski definition) is 6. The number of anilines is 3. The number of ketones is 1. The summed E-state index contributed by atoms with van der Waals surface area (Å²) in [6.07, 6.45) is 9.20. The van der Waals surface area contributed by atoms with Gasteiger partial charge in [0.15, 0.2) is 5.78 Å². The number of carbonyl (C=O) groups excluding carboxylic acids is 2. The van der Waals surface area contributed by atoms with Gasteiger partial charge in [0.2, 0.25) is 0 Å². The first-order valence-electron chi connectivity index (χ1n) is 14.7. The number of aryl methyl sites for hydroxylation is 1. The predicted molar refractivity (Wildman–Crippen MR) is 176 cm³/mol. The summed E-state index contributed by atoms with van der Waals surface area (Å²) in [5, 5.41) is 6.98. The number of unbranched alkanes of at least 4 members (excludes halogenated alkanes) is 2. The largest absolute Gasteiger partial charge is 2.00 e. The van der Waals surface area contributed by atoms with Gasteiger partial charge in [-0.25, -0.2) is 6.08 Å². The Bertz CT molecular complexity index is 1310. The van der Waals surface area contributed by atoms with E-state index in [1.807, 2.05) is 25.1 Å². The number of Topliss-reactive ketones (excluding diaryl/α,β-unsaturated/α-hetero) is 1. The number of allylic oxidation sites excluding steroid dienone is 3. The third-order valence-corrected chi connectivity index (χ3v) is 7.65. The van der Waals surface area contributed by atoms with Crippen LogP contribution in [0.5, 0.6) is 0 Å². The Balaban J connectivity index is 0.00000645. The Kier molecular flexibility index (Phi) is 15.4.